The molecule has 1 aliphatic rings. The van der Waals surface area contributed by atoms with Gasteiger partial charge >= 0.3 is 0 Å². The first-order valence-electron chi connectivity index (χ1n) is 6.86. The Morgan fingerprint density at radius 1 is 1.38 bits per heavy atom. The minimum atomic E-state index is -3.96. The smallest absolute Gasteiger partial charge is 0.251 e. The van der Waals surface area contributed by atoms with E-state index in [1.54, 1.807) is 18.5 Å². The summed E-state index contributed by atoms with van der Waals surface area (Å²) >= 11 is 0. The van der Waals surface area contributed by atoms with E-state index in [0.29, 0.717) is 30.5 Å². The minimum absolute atomic E-state index is 0.00503. The molecule has 0 saturated heterocycles. The van der Waals surface area contributed by atoms with Crippen LogP contribution in [0.4, 0.5) is 8.78 Å². The van der Waals surface area contributed by atoms with E-state index in [2.05, 4.69) is 10.4 Å². The number of nitrogens with zero attached hydrogens (tertiary/aromatic N) is 2. The molecule has 0 aliphatic heterocycles. The maximum absolute atomic E-state index is 12.2. The SMILES string of the molecule is Cc1nn(CCNC2CC2)c(C)c1S(=O)(=O)NCC(F)F. The highest BCUT2D eigenvalue weighted by Crippen LogP contribution is 2.20. The molecule has 1 heterocycles. The van der Waals surface area contributed by atoms with E-state index in [4.69, 9.17) is 0 Å². The molecule has 1 aromatic heterocycles. The summed E-state index contributed by atoms with van der Waals surface area (Å²) in [7, 11) is -3.96. The van der Waals surface area contributed by atoms with Crippen LogP contribution in [0.15, 0.2) is 4.90 Å². The van der Waals surface area contributed by atoms with Gasteiger partial charge in [0, 0.05) is 12.6 Å². The number of hydrogen-bond donors (Lipinski definition) is 2. The second-order valence-electron chi connectivity index (χ2n) is 5.19. The van der Waals surface area contributed by atoms with Gasteiger partial charge in [0.05, 0.1) is 24.5 Å². The molecule has 120 valence electrons. The average Bonchev–Trinajstić information content (AvgIpc) is 3.14. The number of sulfonamides is 1. The molecule has 0 amide bonds. The Balaban J connectivity index is 2.09. The zero-order valence-corrected chi connectivity index (χ0v) is 12.9. The first kappa shape index (κ1) is 16.3. The topological polar surface area (TPSA) is 76.0 Å². The zero-order valence-electron chi connectivity index (χ0n) is 12.1. The molecule has 1 aliphatic carbocycles. The number of alkyl halides is 2. The van der Waals surface area contributed by atoms with Crippen molar-refractivity contribution in [3.05, 3.63) is 11.4 Å². The minimum Gasteiger partial charge on any atom is -0.312 e. The Labute approximate surface area is 123 Å². The molecule has 2 N–H and O–H groups in total. The van der Waals surface area contributed by atoms with E-state index in [-0.39, 0.29) is 4.90 Å². The molecule has 1 aromatic rings. The Morgan fingerprint density at radius 2 is 2.05 bits per heavy atom. The first-order chi connectivity index (χ1) is 9.81. The number of rotatable bonds is 8. The Kier molecular flexibility index (Phi) is 4.95. The van der Waals surface area contributed by atoms with Gasteiger partial charge in [0.15, 0.2) is 0 Å². The quantitative estimate of drug-likeness (QED) is 0.742. The van der Waals surface area contributed by atoms with Crippen molar-refractivity contribution in [3.8, 4) is 0 Å². The normalized spacial score (nSPS) is 15.9. The fourth-order valence-electron chi connectivity index (χ4n) is 2.19. The van der Waals surface area contributed by atoms with E-state index in [1.807, 2.05) is 4.72 Å². The predicted molar refractivity (Wildman–Crippen MR) is 73.9 cm³/mol. The van der Waals surface area contributed by atoms with Gasteiger partial charge in [0.1, 0.15) is 4.90 Å². The van der Waals surface area contributed by atoms with Crippen LogP contribution < -0.4 is 10.0 Å². The number of nitrogens with one attached hydrogen (secondary N) is 2. The molecule has 9 heteroatoms. The summed E-state index contributed by atoms with van der Waals surface area (Å²) in [5.74, 6) is 0. The van der Waals surface area contributed by atoms with Crippen molar-refractivity contribution in [2.75, 3.05) is 13.1 Å². The van der Waals surface area contributed by atoms with Crippen molar-refractivity contribution in [3.63, 3.8) is 0 Å². The van der Waals surface area contributed by atoms with Crippen LogP contribution >= 0.6 is 0 Å². The van der Waals surface area contributed by atoms with Crippen LogP contribution in [0.3, 0.4) is 0 Å². The van der Waals surface area contributed by atoms with Crippen molar-refractivity contribution >= 4 is 10.0 Å². The molecule has 1 saturated carbocycles. The van der Waals surface area contributed by atoms with Crippen molar-refractivity contribution in [2.24, 2.45) is 0 Å². The fraction of sp³-hybridized carbons (Fsp3) is 0.750. The fourth-order valence-corrected chi connectivity index (χ4v) is 3.61. The third kappa shape index (κ3) is 4.21. The summed E-state index contributed by atoms with van der Waals surface area (Å²) in [5, 5.41) is 7.51. The standard InChI is InChI=1S/C12H20F2N4O2S/c1-8-12(21(19,20)16-7-11(13)14)9(2)18(17-8)6-5-15-10-3-4-10/h10-11,15-16H,3-7H2,1-2H3. The molecule has 21 heavy (non-hydrogen) atoms. The van der Waals surface area contributed by atoms with Crippen LogP contribution in [0, 0.1) is 13.8 Å². The van der Waals surface area contributed by atoms with Gasteiger partial charge in [0.2, 0.25) is 10.0 Å². The van der Waals surface area contributed by atoms with Gasteiger partial charge < -0.3 is 5.32 Å². The van der Waals surface area contributed by atoms with Crippen molar-refractivity contribution < 1.29 is 17.2 Å². The summed E-state index contributed by atoms with van der Waals surface area (Å²) in [6, 6.07) is 0.567. The lowest BCUT2D eigenvalue weighted by molar-refractivity contribution is 0.153. The molecule has 0 radical (unpaired) electrons. The maximum atomic E-state index is 12.2. The van der Waals surface area contributed by atoms with Gasteiger partial charge in [-0.2, -0.15) is 5.10 Å². The van der Waals surface area contributed by atoms with Gasteiger partial charge in [0.25, 0.3) is 6.43 Å². The van der Waals surface area contributed by atoms with Gasteiger partial charge in [-0.25, -0.2) is 21.9 Å². The summed E-state index contributed by atoms with van der Waals surface area (Å²) < 4.78 is 52.0. The number of aryl methyl sites for hydroxylation is 1. The van der Waals surface area contributed by atoms with E-state index in [9.17, 15) is 17.2 Å². The zero-order chi connectivity index (χ0) is 15.6. The van der Waals surface area contributed by atoms with Gasteiger partial charge in [-0.05, 0) is 26.7 Å². The van der Waals surface area contributed by atoms with Crippen LogP contribution in [0.1, 0.15) is 24.2 Å². The number of hydrogen-bond acceptors (Lipinski definition) is 4. The lowest BCUT2D eigenvalue weighted by atomic mass is 10.4. The highest BCUT2D eigenvalue weighted by molar-refractivity contribution is 7.89. The highest BCUT2D eigenvalue weighted by Gasteiger charge is 2.25. The van der Waals surface area contributed by atoms with Crippen LogP contribution in [-0.2, 0) is 16.6 Å². The van der Waals surface area contributed by atoms with Crippen LogP contribution in [0.2, 0.25) is 0 Å². The molecule has 0 bridgehead atoms. The van der Waals surface area contributed by atoms with E-state index >= 15 is 0 Å². The molecule has 1 fully saturated rings. The summed E-state index contributed by atoms with van der Waals surface area (Å²) in [6.45, 7) is 3.56. The molecular weight excluding hydrogens is 302 g/mol. The van der Waals surface area contributed by atoms with Gasteiger partial charge in [-0.15, -0.1) is 0 Å². The predicted octanol–water partition coefficient (Wildman–Crippen LogP) is 0.795. The lowest BCUT2D eigenvalue weighted by Gasteiger charge is -2.08. The second kappa shape index (κ2) is 6.37. The molecule has 0 unspecified atom stereocenters. The largest absolute Gasteiger partial charge is 0.312 e. The van der Waals surface area contributed by atoms with Crippen molar-refractivity contribution in [1.82, 2.24) is 19.8 Å². The Hall–Kier alpha value is -1.06. The molecule has 0 atom stereocenters. The number of halogens is 2. The van der Waals surface area contributed by atoms with Gasteiger partial charge in [-0.3, -0.25) is 4.68 Å². The Bertz CT molecular complexity index is 597. The molecule has 0 aromatic carbocycles. The molecule has 6 nitrogen and oxygen atoms in total. The molecule has 2 rings (SSSR count). The van der Waals surface area contributed by atoms with Crippen LogP contribution in [0.5, 0.6) is 0 Å². The monoisotopic (exact) mass is 322 g/mol. The van der Waals surface area contributed by atoms with E-state index in [1.165, 1.54) is 12.8 Å². The summed E-state index contributed by atoms with van der Waals surface area (Å²) in [6.07, 6.45) is -0.374. The van der Waals surface area contributed by atoms with E-state index < -0.39 is 23.0 Å². The maximum Gasteiger partial charge on any atom is 0.251 e. The second-order valence-corrected chi connectivity index (χ2v) is 6.90. The lowest BCUT2D eigenvalue weighted by Crippen LogP contribution is -2.29. The molecule has 0 spiro atoms. The van der Waals surface area contributed by atoms with Crippen molar-refractivity contribution in [2.45, 2.75) is 50.6 Å². The van der Waals surface area contributed by atoms with Crippen LogP contribution in [0.25, 0.3) is 0 Å². The summed E-state index contributed by atoms with van der Waals surface area (Å²) in [4.78, 5) is -0.00503. The third-order valence-corrected chi connectivity index (χ3v) is 5.02. The highest BCUT2D eigenvalue weighted by atomic mass is 32.2. The van der Waals surface area contributed by atoms with E-state index in [0.717, 1.165) is 0 Å². The third-order valence-electron chi connectivity index (χ3n) is 3.35. The molecular formula is C12H20F2N4O2S. The average molecular weight is 322 g/mol. The Morgan fingerprint density at radius 3 is 2.62 bits per heavy atom. The first-order valence-corrected chi connectivity index (χ1v) is 8.35. The van der Waals surface area contributed by atoms with Gasteiger partial charge in [-0.1, -0.05) is 0 Å². The van der Waals surface area contributed by atoms with Crippen molar-refractivity contribution in [1.29, 1.82) is 0 Å². The number of aromatic nitrogens is 2. The summed E-state index contributed by atoms with van der Waals surface area (Å²) in [5.41, 5.74) is 0.785. The van der Waals surface area contributed by atoms with Crippen LogP contribution in [-0.4, -0.2) is 43.8 Å².